The second kappa shape index (κ2) is 8.34. The molecule has 4 rings (SSSR count). The monoisotopic (exact) mass is 413 g/mol. The van der Waals surface area contributed by atoms with Crippen molar-refractivity contribution in [1.29, 1.82) is 0 Å². The van der Waals surface area contributed by atoms with Gasteiger partial charge in [-0.05, 0) is 29.7 Å². The van der Waals surface area contributed by atoms with Gasteiger partial charge in [0.15, 0.2) is 0 Å². The predicted octanol–water partition coefficient (Wildman–Crippen LogP) is 3.47. The number of urea groups is 1. The van der Waals surface area contributed by atoms with Gasteiger partial charge in [0.25, 0.3) is 0 Å². The first kappa shape index (κ1) is 20.2. The molecule has 2 amide bonds. The average molecular weight is 414 g/mol. The topological polar surface area (TPSA) is 55.8 Å². The van der Waals surface area contributed by atoms with E-state index in [0.29, 0.717) is 31.2 Å². The van der Waals surface area contributed by atoms with E-state index in [1.165, 1.54) is 5.56 Å². The van der Waals surface area contributed by atoms with E-state index in [-0.39, 0.29) is 30.1 Å². The number of carbonyl (C=O) groups is 1. The summed E-state index contributed by atoms with van der Waals surface area (Å²) in [6.45, 7) is 4.87. The summed E-state index contributed by atoms with van der Waals surface area (Å²) in [7, 11) is 0. The van der Waals surface area contributed by atoms with Crippen molar-refractivity contribution in [2.24, 2.45) is 0 Å². The van der Waals surface area contributed by atoms with E-state index >= 15 is 0 Å². The van der Waals surface area contributed by atoms with Crippen LogP contribution in [0.3, 0.4) is 0 Å². The normalized spacial score (nSPS) is 22.8. The number of aliphatic hydroxyl groups excluding tert-OH is 1. The molecule has 2 aliphatic rings. The van der Waals surface area contributed by atoms with Crippen LogP contribution in [0.25, 0.3) is 0 Å². The van der Waals surface area contributed by atoms with E-state index in [9.17, 15) is 9.90 Å². The quantitative estimate of drug-likeness (QED) is 0.762. The molecule has 0 saturated carbocycles. The molecule has 2 heterocycles. The molecule has 0 radical (unpaired) electrons. The maximum atomic E-state index is 12.4. The van der Waals surface area contributed by atoms with Gasteiger partial charge in [-0.3, -0.25) is 4.90 Å². The smallest absolute Gasteiger partial charge is 0.317 e. The Hall–Kier alpha value is -2.08. The third-order valence-electron chi connectivity index (χ3n) is 6.27. The maximum absolute atomic E-state index is 12.4. The zero-order chi connectivity index (χ0) is 20.4. The molecule has 5 nitrogen and oxygen atoms in total. The molecule has 29 heavy (non-hydrogen) atoms. The molecule has 2 aromatic rings. The van der Waals surface area contributed by atoms with E-state index in [0.717, 1.165) is 12.0 Å². The summed E-state index contributed by atoms with van der Waals surface area (Å²) in [5, 5.41) is 13.9. The van der Waals surface area contributed by atoms with E-state index in [1.807, 2.05) is 48.2 Å². The molecule has 0 unspecified atom stereocenters. The van der Waals surface area contributed by atoms with Crippen LogP contribution < -0.4 is 5.32 Å². The number of carbonyl (C=O) groups excluding carboxylic acids is 1. The average Bonchev–Trinajstić information content (AvgIpc) is 2.69. The number of halogens is 1. The third kappa shape index (κ3) is 3.63. The first-order chi connectivity index (χ1) is 14.1. The summed E-state index contributed by atoms with van der Waals surface area (Å²) < 4.78 is 0. The van der Waals surface area contributed by atoms with Gasteiger partial charge in [-0.1, -0.05) is 61.0 Å². The molecule has 0 aromatic heterocycles. The van der Waals surface area contributed by atoms with Crippen LogP contribution in [0, 0.1) is 0 Å². The van der Waals surface area contributed by atoms with Gasteiger partial charge < -0.3 is 15.3 Å². The molecular formula is C23H28ClN3O2. The van der Waals surface area contributed by atoms with Crippen molar-refractivity contribution in [3.63, 3.8) is 0 Å². The summed E-state index contributed by atoms with van der Waals surface area (Å²) in [5.41, 5.74) is 2.19. The minimum absolute atomic E-state index is 0.000518. The number of benzene rings is 2. The van der Waals surface area contributed by atoms with Crippen LogP contribution in [0.2, 0.25) is 5.02 Å². The van der Waals surface area contributed by atoms with E-state index in [4.69, 9.17) is 11.6 Å². The number of hydrogen-bond donors (Lipinski definition) is 2. The van der Waals surface area contributed by atoms with Crippen molar-refractivity contribution in [2.75, 3.05) is 26.2 Å². The van der Waals surface area contributed by atoms with Crippen molar-refractivity contribution in [3.8, 4) is 0 Å². The van der Waals surface area contributed by atoms with Gasteiger partial charge in [0.05, 0.1) is 12.1 Å². The van der Waals surface area contributed by atoms with Crippen molar-refractivity contribution in [2.45, 2.75) is 37.4 Å². The molecule has 2 aliphatic heterocycles. The third-order valence-corrected chi connectivity index (χ3v) is 6.50. The molecule has 2 atom stereocenters. The Morgan fingerprint density at radius 3 is 2.62 bits per heavy atom. The Bertz CT molecular complexity index is 854. The van der Waals surface area contributed by atoms with Crippen LogP contribution in [0.4, 0.5) is 4.79 Å². The minimum Gasteiger partial charge on any atom is -0.395 e. The molecule has 0 bridgehead atoms. The van der Waals surface area contributed by atoms with E-state index in [1.54, 1.807) is 0 Å². The highest BCUT2D eigenvalue weighted by molar-refractivity contribution is 6.30. The van der Waals surface area contributed by atoms with Crippen molar-refractivity contribution >= 4 is 17.6 Å². The number of hydrogen-bond acceptors (Lipinski definition) is 3. The predicted molar refractivity (Wildman–Crippen MR) is 115 cm³/mol. The highest BCUT2D eigenvalue weighted by atomic mass is 35.5. The van der Waals surface area contributed by atoms with Gasteiger partial charge in [0.1, 0.15) is 0 Å². The summed E-state index contributed by atoms with van der Waals surface area (Å²) >= 11 is 6.19. The standard InChI is InChI=1S/C23H28ClN3O2/c1-2-11-25-22(29)26-15-23(16-26)21(18-8-4-3-5-9-18)20(14-28)27(23)13-17-7-6-10-19(24)12-17/h3-10,12,20-21,28H,2,11,13-16H2,1H3,(H,25,29)/t20-,21+/m1/s1. The maximum Gasteiger partial charge on any atom is 0.317 e. The SMILES string of the molecule is CCCNC(=O)N1CC2(C1)[C@@H](c1ccccc1)[C@@H](CO)N2Cc1cccc(Cl)c1. The fraction of sp³-hybridized carbons (Fsp3) is 0.435. The zero-order valence-electron chi connectivity index (χ0n) is 16.7. The lowest BCUT2D eigenvalue weighted by molar-refractivity contribution is -0.183. The Labute approximate surface area is 177 Å². The van der Waals surface area contributed by atoms with Crippen molar-refractivity contribution in [1.82, 2.24) is 15.1 Å². The van der Waals surface area contributed by atoms with Crippen LogP contribution in [-0.2, 0) is 6.54 Å². The Kier molecular flexibility index (Phi) is 5.81. The lowest BCUT2D eigenvalue weighted by Gasteiger charge is -2.70. The second-order valence-electron chi connectivity index (χ2n) is 8.09. The highest BCUT2D eigenvalue weighted by Gasteiger charge is 2.66. The molecule has 2 fully saturated rings. The Morgan fingerprint density at radius 2 is 1.97 bits per heavy atom. The summed E-state index contributed by atoms with van der Waals surface area (Å²) in [6, 6.07) is 18.3. The van der Waals surface area contributed by atoms with Gasteiger partial charge in [0.2, 0.25) is 0 Å². The number of aliphatic hydroxyl groups is 1. The van der Waals surface area contributed by atoms with Crippen molar-refractivity contribution < 1.29 is 9.90 Å². The summed E-state index contributed by atoms with van der Waals surface area (Å²) in [5.74, 6) is 0.197. The largest absolute Gasteiger partial charge is 0.395 e. The molecule has 6 heteroatoms. The number of nitrogens with zero attached hydrogens (tertiary/aromatic N) is 2. The first-order valence-corrected chi connectivity index (χ1v) is 10.7. The van der Waals surface area contributed by atoms with Gasteiger partial charge in [-0.15, -0.1) is 0 Å². The number of amides is 2. The molecule has 154 valence electrons. The first-order valence-electron chi connectivity index (χ1n) is 10.3. The van der Waals surface area contributed by atoms with Crippen molar-refractivity contribution in [3.05, 3.63) is 70.7 Å². The van der Waals surface area contributed by atoms with Crippen LogP contribution >= 0.6 is 11.6 Å². The summed E-state index contributed by atoms with van der Waals surface area (Å²) in [4.78, 5) is 16.7. The number of nitrogens with one attached hydrogen (secondary N) is 1. The van der Waals surface area contributed by atoms with Gasteiger partial charge in [-0.25, -0.2) is 4.79 Å². The number of likely N-dealkylation sites (tertiary alicyclic amines) is 2. The van der Waals surface area contributed by atoms with Gasteiger partial charge in [0, 0.05) is 43.2 Å². The lowest BCUT2D eigenvalue weighted by Crippen LogP contribution is -2.85. The molecule has 2 aromatic carbocycles. The summed E-state index contributed by atoms with van der Waals surface area (Å²) in [6.07, 6.45) is 0.921. The van der Waals surface area contributed by atoms with Gasteiger partial charge in [-0.2, -0.15) is 0 Å². The Morgan fingerprint density at radius 1 is 1.21 bits per heavy atom. The fourth-order valence-electron chi connectivity index (χ4n) is 4.95. The van der Waals surface area contributed by atoms with Gasteiger partial charge >= 0.3 is 6.03 Å². The fourth-order valence-corrected chi connectivity index (χ4v) is 5.16. The molecule has 0 aliphatic carbocycles. The minimum atomic E-state index is -0.152. The lowest BCUT2D eigenvalue weighted by atomic mass is 9.60. The second-order valence-corrected chi connectivity index (χ2v) is 8.52. The molecular weight excluding hydrogens is 386 g/mol. The van der Waals surface area contributed by atoms with Crippen LogP contribution in [-0.4, -0.2) is 58.8 Å². The molecule has 2 saturated heterocycles. The molecule has 1 spiro atoms. The van der Waals surface area contributed by atoms with Crippen LogP contribution in [0.1, 0.15) is 30.4 Å². The number of rotatable bonds is 6. The molecule has 2 N–H and O–H groups in total. The van der Waals surface area contributed by atoms with Crippen LogP contribution in [0.5, 0.6) is 0 Å². The van der Waals surface area contributed by atoms with E-state index in [2.05, 4.69) is 28.4 Å². The highest BCUT2D eigenvalue weighted by Crippen LogP contribution is 2.54. The van der Waals surface area contributed by atoms with Crippen LogP contribution in [0.15, 0.2) is 54.6 Å². The van der Waals surface area contributed by atoms with E-state index < -0.39 is 0 Å². The zero-order valence-corrected chi connectivity index (χ0v) is 17.5. The Balaban J connectivity index is 1.59.